The van der Waals surface area contributed by atoms with Gasteiger partial charge in [0, 0.05) is 16.7 Å². The molecule has 2 amide bonds. The summed E-state index contributed by atoms with van der Waals surface area (Å²) in [5.41, 5.74) is 0.692. The van der Waals surface area contributed by atoms with Gasteiger partial charge in [-0.2, -0.15) is 4.98 Å². The minimum absolute atomic E-state index is 0.0159. The molecule has 0 aliphatic heterocycles. The Morgan fingerprint density at radius 1 is 0.969 bits per heavy atom. The van der Waals surface area contributed by atoms with Crippen LogP contribution in [0.15, 0.2) is 18.2 Å². The molecule has 0 N–H and O–H groups in total. The Bertz CT molecular complexity index is 1030. The number of imide groups is 1. The summed E-state index contributed by atoms with van der Waals surface area (Å²) in [5, 5.41) is 0.0159. The van der Waals surface area contributed by atoms with Gasteiger partial charge in [0.2, 0.25) is 5.95 Å². The van der Waals surface area contributed by atoms with Crippen LogP contribution in [0.25, 0.3) is 11.3 Å². The van der Waals surface area contributed by atoms with E-state index in [-0.39, 0.29) is 11.1 Å². The zero-order chi connectivity index (χ0) is 24.4. The third kappa shape index (κ3) is 6.03. The number of carbonyl (C=O) groups is 3. The molecule has 0 saturated heterocycles. The van der Waals surface area contributed by atoms with Crippen molar-refractivity contribution in [1.82, 2.24) is 9.97 Å². The van der Waals surface area contributed by atoms with Gasteiger partial charge < -0.3 is 9.47 Å². The molecule has 172 valence electrons. The summed E-state index contributed by atoms with van der Waals surface area (Å²) in [7, 11) is 0. The normalized spacial score (nSPS) is 11.7. The third-order valence-corrected chi connectivity index (χ3v) is 4.46. The van der Waals surface area contributed by atoms with Gasteiger partial charge in [0.15, 0.2) is 6.29 Å². The number of aromatic nitrogens is 2. The van der Waals surface area contributed by atoms with Gasteiger partial charge in [0.1, 0.15) is 16.4 Å². The number of aryl methyl sites for hydroxylation is 1. The van der Waals surface area contributed by atoms with Gasteiger partial charge in [-0.15, -0.1) is 4.90 Å². The maximum absolute atomic E-state index is 12.9. The molecule has 0 unspecified atom stereocenters. The Balaban J connectivity index is 2.74. The molecule has 1 heterocycles. The van der Waals surface area contributed by atoms with Crippen molar-refractivity contribution in [2.24, 2.45) is 0 Å². The van der Waals surface area contributed by atoms with Gasteiger partial charge in [-0.1, -0.05) is 29.8 Å². The predicted octanol–water partition coefficient (Wildman–Crippen LogP) is 5.90. The number of anilines is 1. The Kier molecular flexibility index (Phi) is 7.29. The molecule has 2 rings (SSSR count). The van der Waals surface area contributed by atoms with E-state index in [2.05, 4.69) is 9.97 Å². The number of ether oxygens (including phenoxy) is 2. The molecule has 0 atom stereocenters. The first-order chi connectivity index (χ1) is 14.6. The average molecular weight is 462 g/mol. The van der Waals surface area contributed by atoms with Gasteiger partial charge >= 0.3 is 12.2 Å². The van der Waals surface area contributed by atoms with Gasteiger partial charge in [0.25, 0.3) is 0 Å². The Morgan fingerprint density at radius 3 is 1.97 bits per heavy atom. The van der Waals surface area contributed by atoms with Crippen LogP contribution in [0.1, 0.15) is 63.0 Å². The monoisotopic (exact) mass is 461 g/mol. The standard InChI is InChI=1S/C23H28ClN3O5/c1-13-10-9-11-15(12-28)16(13)17-14(2)18(24)26-19(25-17)27(20(29)31-22(3,4)5)21(30)32-23(6,7)8/h9-12H,1-8H3. The van der Waals surface area contributed by atoms with Crippen molar-refractivity contribution in [2.45, 2.75) is 66.6 Å². The van der Waals surface area contributed by atoms with E-state index < -0.39 is 23.4 Å². The van der Waals surface area contributed by atoms with Gasteiger partial charge in [-0.05, 0) is 61.0 Å². The maximum Gasteiger partial charge on any atom is 0.427 e. The van der Waals surface area contributed by atoms with Crippen LogP contribution in [0, 0.1) is 13.8 Å². The van der Waals surface area contributed by atoms with Crippen LogP contribution < -0.4 is 4.90 Å². The molecule has 0 aliphatic rings. The first-order valence-electron chi connectivity index (χ1n) is 10.00. The zero-order valence-corrected chi connectivity index (χ0v) is 20.3. The lowest BCUT2D eigenvalue weighted by Crippen LogP contribution is -2.44. The number of halogens is 1. The molecule has 1 aromatic heterocycles. The number of hydrogen-bond acceptors (Lipinski definition) is 7. The average Bonchev–Trinajstić information content (AvgIpc) is 2.61. The second-order valence-corrected chi connectivity index (χ2v) is 9.60. The first kappa shape index (κ1) is 25.3. The van der Waals surface area contributed by atoms with Crippen LogP contribution in [0.2, 0.25) is 5.15 Å². The van der Waals surface area contributed by atoms with Crippen molar-refractivity contribution in [2.75, 3.05) is 4.90 Å². The molecular formula is C23H28ClN3O5. The van der Waals surface area contributed by atoms with Crippen LogP contribution in [0.4, 0.5) is 15.5 Å². The van der Waals surface area contributed by atoms with Crippen molar-refractivity contribution < 1.29 is 23.9 Å². The third-order valence-electron chi connectivity index (χ3n) is 4.10. The molecule has 0 bridgehead atoms. The van der Waals surface area contributed by atoms with E-state index in [1.807, 2.05) is 13.0 Å². The minimum atomic E-state index is -1.02. The number of carbonyl (C=O) groups excluding carboxylic acids is 3. The molecule has 0 radical (unpaired) electrons. The predicted molar refractivity (Wildman–Crippen MR) is 122 cm³/mol. The van der Waals surface area contributed by atoms with E-state index in [0.29, 0.717) is 33.6 Å². The van der Waals surface area contributed by atoms with E-state index in [1.54, 1.807) is 60.6 Å². The summed E-state index contributed by atoms with van der Waals surface area (Å²) in [5.74, 6) is -0.320. The van der Waals surface area contributed by atoms with E-state index in [9.17, 15) is 14.4 Å². The fourth-order valence-corrected chi connectivity index (χ4v) is 2.95. The lowest BCUT2D eigenvalue weighted by molar-refractivity contribution is 0.0427. The smallest absolute Gasteiger partial charge is 0.427 e. The number of benzene rings is 1. The SMILES string of the molecule is Cc1cccc(C=O)c1-c1nc(N(C(=O)OC(C)(C)C)C(=O)OC(C)(C)C)nc(Cl)c1C. The van der Waals surface area contributed by atoms with Crippen molar-refractivity contribution in [3.8, 4) is 11.3 Å². The minimum Gasteiger partial charge on any atom is -0.443 e. The van der Waals surface area contributed by atoms with Crippen molar-refractivity contribution in [1.29, 1.82) is 0 Å². The van der Waals surface area contributed by atoms with E-state index >= 15 is 0 Å². The highest BCUT2D eigenvalue weighted by Crippen LogP contribution is 2.33. The van der Waals surface area contributed by atoms with E-state index in [1.165, 1.54) is 0 Å². The van der Waals surface area contributed by atoms with Crippen LogP contribution in [0.5, 0.6) is 0 Å². The molecule has 0 fully saturated rings. The van der Waals surface area contributed by atoms with Gasteiger partial charge in [-0.3, -0.25) is 4.79 Å². The highest BCUT2D eigenvalue weighted by atomic mass is 35.5. The van der Waals surface area contributed by atoms with E-state index in [0.717, 1.165) is 5.56 Å². The molecule has 32 heavy (non-hydrogen) atoms. The summed E-state index contributed by atoms with van der Waals surface area (Å²) in [4.78, 5) is 46.7. The lowest BCUT2D eigenvalue weighted by atomic mass is 9.97. The Labute approximate surface area is 192 Å². The van der Waals surface area contributed by atoms with Gasteiger partial charge in [0.05, 0.1) is 5.69 Å². The summed E-state index contributed by atoms with van der Waals surface area (Å²) in [6.45, 7) is 13.5. The quantitative estimate of drug-likeness (QED) is 0.414. The van der Waals surface area contributed by atoms with Crippen LogP contribution in [-0.2, 0) is 9.47 Å². The lowest BCUT2D eigenvalue weighted by Gasteiger charge is -2.28. The molecule has 0 aliphatic carbocycles. The summed E-state index contributed by atoms with van der Waals surface area (Å²) in [6.07, 6.45) is -1.33. The largest absolute Gasteiger partial charge is 0.443 e. The van der Waals surface area contributed by atoms with Crippen LogP contribution in [-0.4, -0.2) is 39.6 Å². The topological polar surface area (TPSA) is 98.7 Å². The van der Waals surface area contributed by atoms with E-state index in [4.69, 9.17) is 21.1 Å². The van der Waals surface area contributed by atoms with Crippen molar-refractivity contribution in [3.63, 3.8) is 0 Å². The fraction of sp³-hybridized carbons (Fsp3) is 0.435. The van der Waals surface area contributed by atoms with Crippen molar-refractivity contribution in [3.05, 3.63) is 40.0 Å². The highest BCUT2D eigenvalue weighted by Gasteiger charge is 2.35. The zero-order valence-electron chi connectivity index (χ0n) is 19.6. The van der Waals surface area contributed by atoms with Crippen LogP contribution in [0.3, 0.4) is 0 Å². The fourth-order valence-electron chi connectivity index (χ4n) is 2.79. The highest BCUT2D eigenvalue weighted by molar-refractivity contribution is 6.30. The number of hydrogen-bond donors (Lipinski definition) is 0. The van der Waals surface area contributed by atoms with Crippen LogP contribution >= 0.6 is 11.6 Å². The van der Waals surface area contributed by atoms with Gasteiger partial charge in [-0.25, -0.2) is 14.6 Å². The molecule has 9 heteroatoms. The van der Waals surface area contributed by atoms with Crippen molar-refractivity contribution >= 4 is 36.0 Å². The Morgan fingerprint density at radius 2 is 1.50 bits per heavy atom. The molecule has 0 spiro atoms. The first-order valence-corrected chi connectivity index (χ1v) is 10.4. The summed E-state index contributed by atoms with van der Waals surface area (Å²) >= 11 is 6.37. The number of aldehydes is 1. The Hall–Kier alpha value is -3.00. The molecule has 0 saturated carbocycles. The number of nitrogens with zero attached hydrogens (tertiary/aromatic N) is 3. The molecule has 1 aromatic carbocycles. The number of rotatable bonds is 3. The second kappa shape index (κ2) is 9.24. The molecular weight excluding hydrogens is 434 g/mol. The second-order valence-electron chi connectivity index (χ2n) is 9.24. The maximum atomic E-state index is 12.9. The summed E-state index contributed by atoms with van der Waals surface area (Å²) < 4.78 is 10.8. The summed E-state index contributed by atoms with van der Waals surface area (Å²) in [6, 6.07) is 5.20. The molecule has 2 aromatic rings. The number of amides is 2. The molecule has 8 nitrogen and oxygen atoms in total.